The summed E-state index contributed by atoms with van der Waals surface area (Å²) in [4.78, 5) is 0. The molecule has 0 aliphatic carbocycles. The molecule has 1 fully saturated rings. The quantitative estimate of drug-likeness (QED) is 0.752. The van der Waals surface area contributed by atoms with Gasteiger partial charge in [0.15, 0.2) is 0 Å². The van der Waals surface area contributed by atoms with Gasteiger partial charge >= 0.3 is 6.18 Å². The van der Waals surface area contributed by atoms with Gasteiger partial charge in [-0.2, -0.15) is 13.2 Å². The van der Waals surface area contributed by atoms with E-state index in [1.54, 1.807) is 6.92 Å². The number of halogens is 3. The molecule has 2 rings (SSSR count). The molecular weight excluding hydrogens is 203 g/mol. The van der Waals surface area contributed by atoms with Gasteiger partial charge in [-0.05, 0) is 12.5 Å². The lowest BCUT2D eigenvalue weighted by molar-refractivity contribution is -0.140. The third kappa shape index (κ3) is 2.31. The van der Waals surface area contributed by atoms with Crippen LogP contribution in [-0.4, -0.2) is 11.7 Å². The van der Waals surface area contributed by atoms with Crippen LogP contribution < -0.4 is 5.32 Å². The summed E-state index contributed by atoms with van der Waals surface area (Å²) in [6, 6.07) is 9.05. The third-order valence-electron chi connectivity index (χ3n) is 2.73. The molecule has 1 aliphatic heterocycles. The Hall–Kier alpha value is -1.03. The first-order valence-corrected chi connectivity index (χ1v) is 4.80. The van der Waals surface area contributed by atoms with Gasteiger partial charge in [-0.25, -0.2) is 0 Å². The summed E-state index contributed by atoms with van der Waals surface area (Å²) in [7, 11) is 0. The Morgan fingerprint density at radius 3 is 2.40 bits per heavy atom. The molecule has 1 heterocycles. The number of hydrogen-bond acceptors (Lipinski definition) is 1. The Labute approximate surface area is 86.3 Å². The molecule has 1 aliphatic rings. The maximum atomic E-state index is 12.2. The average molecular weight is 215 g/mol. The normalized spacial score (nSPS) is 30.3. The second-order valence-electron chi connectivity index (χ2n) is 4.20. The molecule has 0 bridgehead atoms. The first-order valence-electron chi connectivity index (χ1n) is 4.80. The molecule has 4 heteroatoms. The van der Waals surface area contributed by atoms with Crippen molar-refractivity contribution in [3.05, 3.63) is 35.9 Å². The molecule has 0 aromatic heterocycles. The first-order chi connectivity index (χ1) is 6.91. The Morgan fingerprint density at radius 2 is 1.87 bits per heavy atom. The van der Waals surface area contributed by atoms with E-state index in [1.165, 1.54) is 0 Å². The van der Waals surface area contributed by atoms with E-state index in [1.807, 2.05) is 30.3 Å². The van der Waals surface area contributed by atoms with Gasteiger partial charge in [-0.3, -0.25) is 0 Å². The van der Waals surface area contributed by atoms with Crippen LogP contribution in [0.5, 0.6) is 0 Å². The molecule has 0 radical (unpaired) electrons. The van der Waals surface area contributed by atoms with Crippen molar-refractivity contribution >= 4 is 0 Å². The smallest absolute Gasteiger partial charge is 0.301 e. The Kier molecular flexibility index (Phi) is 2.26. The molecule has 0 unspecified atom stereocenters. The lowest BCUT2D eigenvalue weighted by Crippen LogP contribution is -2.22. The van der Waals surface area contributed by atoms with Crippen molar-refractivity contribution in [2.75, 3.05) is 0 Å². The molecule has 0 spiro atoms. The van der Waals surface area contributed by atoms with Gasteiger partial charge in [0, 0.05) is 5.54 Å². The van der Waals surface area contributed by atoms with E-state index in [4.69, 9.17) is 0 Å². The maximum absolute atomic E-state index is 12.2. The molecule has 0 amide bonds. The number of benzene rings is 1. The Morgan fingerprint density at radius 1 is 1.27 bits per heavy atom. The average Bonchev–Trinajstić information content (AvgIpc) is 2.75. The zero-order valence-electron chi connectivity index (χ0n) is 8.31. The van der Waals surface area contributed by atoms with Gasteiger partial charge < -0.3 is 5.32 Å². The highest BCUT2D eigenvalue weighted by Crippen LogP contribution is 2.46. The van der Waals surface area contributed by atoms with E-state index in [-0.39, 0.29) is 6.04 Å². The Bertz CT molecular complexity index is 347. The second-order valence-corrected chi connectivity index (χ2v) is 4.20. The van der Waals surface area contributed by atoms with Crippen LogP contribution >= 0.6 is 0 Å². The summed E-state index contributed by atoms with van der Waals surface area (Å²) in [5.74, 6) is 0. The minimum Gasteiger partial charge on any atom is -0.301 e. The number of alkyl halides is 3. The summed E-state index contributed by atoms with van der Waals surface area (Å²) in [6.45, 7) is 1.61. The zero-order valence-corrected chi connectivity index (χ0v) is 8.31. The van der Waals surface area contributed by atoms with Crippen LogP contribution in [0.15, 0.2) is 30.3 Å². The predicted molar refractivity (Wildman–Crippen MR) is 51.4 cm³/mol. The molecule has 82 valence electrons. The lowest BCUT2D eigenvalue weighted by Gasteiger charge is -2.11. The third-order valence-corrected chi connectivity index (χ3v) is 2.73. The highest BCUT2D eigenvalue weighted by molar-refractivity contribution is 5.30. The largest absolute Gasteiger partial charge is 0.390 e. The topological polar surface area (TPSA) is 21.9 Å². The SMILES string of the molecule is C[C@@]1(CC(F)(F)F)N[C@H]1c1ccccc1. The molecule has 0 saturated carbocycles. The van der Waals surface area contributed by atoms with Gasteiger partial charge in [-0.15, -0.1) is 0 Å². The van der Waals surface area contributed by atoms with Crippen LogP contribution in [0.2, 0.25) is 0 Å². The van der Waals surface area contributed by atoms with Crippen molar-refractivity contribution in [3.63, 3.8) is 0 Å². The van der Waals surface area contributed by atoms with Crippen molar-refractivity contribution in [1.82, 2.24) is 5.32 Å². The fourth-order valence-corrected chi connectivity index (χ4v) is 1.95. The summed E-state index contributed by atoms with van der Waals surface area (Å²) < 4.78 is 36.7. The number of rotatable bonds is 2. The van der Waals surface area contributed by atoms with Crippen LogP contribution in [0.25, 0.3) is 0 Å². The lowest BCUT2D eigenvalue weighted by atomic mass is 9.98. The number of hydrogen-bond donors (Lipinski definition) is 1. The number of nitrogens with one attached hydrogen (secondary N) is 1. The van der Waals surface area contributed by atoms with Crippen molar-refractivity contribution in [2.45, 2.75) is 31.1 Å². The fourth-order valence-electron chi connectivity index (χ4n) is 1.95. The molecule has 1 aromatic carbocycles. The summed E-state index contributed by atoms with van der Waals surface area (Å²) in [6.07, 6.45) is -4.88. The predicted octanol–water partition coefficient (Wildman–Crippen LogP) is 3.04. The Balaban J connectivity index is 2.06. The minimum atomic E-state index is -4.11. The molecule has 1 aromatic rings. The molecule has 2 atom stereocenters. The van der Waals surface area contributed by atoms with E-state index >= 15 is 0 Å². The van der Waals surface area contributed by atoms with E-state index in [2.05, 4.69) is 5.32 Å². The summed E-state index contributed by atoms with van der Waals surface area (Å²) in [5.41, 5.74) is 0.101. The van der Waals surface area contributed by atoms with E-state index in [0.717, 1.165) is 5.56 Å². The van der Waals surface area contributed by atoms with Gasteiger partial charge in [0.05, 0.1) is 12.5 Å². The summed E-state index contributed by atoms with van der Waals surface area (Å²) in [5, 5.41) is 2.90. The van der Waals surface area contributed by atoms with Crippen molar-refractivity contribution in [3.8, 4) is 0 Å². The second kappa shape index (κ2) is 3.23. The van der Waals surface area contributed by atoms with Crippen LogP contribution in [-0.2, 0) is 0 Å². The highest BCUT2D eigenvalue weighted by Gasteiger charge is 2.55. The monoisotopic (exact) mass is 215 g/mol. The van der Waals surface area contributed by atoms with E-state index < -0.39 is 18.1 Å². The zero-order chi connectivity index (χ0) is 11.1. The van der Waals surface area contributed by atoms with Crippen LogP contribution in [0.1, 0.15) is 24.9 Å². The highest BCUT2D eigenvalue weighted by atomic mass is 19.4. The van der Waals surface area contributed by atoms with Gasteiger partial charge in [-0.1, -0.05) is 30.3 Å². The van der Waals surface area contributed by atoms with Gasteiger partial charge in [0.25, 0.3) is 0 Å². The minimum absolute atomic E-state index is 0.166. The van der Waals surface area contributed by atoms with Crippen LogP contribution in [0.4, 0.5) is 13.2 Å². The molecule has 1 nitrogen and oxygen atoms in total. The van der Waals surface area contributed by atoms with Crippen molar-refractivity contribution in [1.29, 1.82) is 0 Å². The van der Waals surface area contributed by atoms with Crippen LogP contribution in [0, 0.1) is 0 Å². The van der Waals surface area contributed by atoms with Crippen molar-refractivity contribution < 1.29 is 13.2 Å². The maximum Gasteiger partial charge on any atom is 0.390 e. The molecular formula is C11H12F3N. The molecule has 15 heavy (non-hydrogen) atoms. The first kappa shape index (κ1) is 10.5. The molecule has 1 saturated heterocycles. The molecule has 1 N–H and O–H groups in total. The standard InChI is InChI=1S/C11H12F3N/c1-10(7-11(12,13)14)9(15-10)8-5-3-2-4-6-8/h2-6,9,15H,7H2,1H3/t9-,10-/m0/s1. The van der Waals surface area contributed by atoms with E-state index in [9.17, 15) is 13.2 Å². The van der Waals surface area contributed by atoms with E-state index in [0.29, 0.717) is 0 Å². The fraction of sp³-hybridized carbons (Fsp3) is 0.455. The van der Waals surface area contributed by atoms with Gasteiger partial charge in [0.1, 0.15) is 0 Å². The van der Waals surface area contributed by atoms with Gasteiger partial charge in [0.2, 0.25) is 0 Å². The van der Waals surface area contributed by atoms with Crippen LogP contribution in [0.3, 0.4) is 0 Å². The summed E-state index contributed by atoms with van der Waals surface area (Å²) >= 11 is 0. The van der Waals surface area contributed by atoms with Crippen molar-refractivity contribution in [2.24, 2.45) is 0 Å².